The molecule has 162 valence electrons. The minimum absolute atomic E-state index is 0. The molecule has 30 heavy (non-hydrogen) atoms. The Morgan fingerprint density at radius 3 is 2.60 bits per heavy atom. The number of anilines is 3. The second-order valence-electron chi connectivity index (χ2n) is 7.59. The number of likely N-dealkylation sites (N-methyl/N-ethyl adjacent to an activating group) is 1. The van der Waals surface area contributed by atoms with Crippen LogP contribution >= 0.6 is 0 Å². The Hall–Kier alpha value is -3.04. The van der Waals surface area contributed by atoms with Crippen molar-refractivity contribution in [1.29, 1.82) is 0 Å². The first-order valence-corrected chi connectivity index (χ1v) is 9.74. The van der Waals surface area contributed by atoms with Crippen molar-refractivity contribution in [2.24, 2.45) is 0 Å². The van der Waals surface area contributed by atoms with Gasteiger partial charge in [-0.3, -0.25) is 4.90 Å². The molecule has 1 aliphatic heterocycles. The third-order valence-corrected chi connectivity index (χ3v) is 5.27. The maximum atomic E-state index is 13.5. The molecule has 0 bridgehead atoms. The van der Waals surface area contributed by atoms with E-state index in [4.69, 9.17) is 0 Å². The van der Waals surface area contributed by atoms with Crippen LogP contribution in [-0.2, 0) is 0 Å². The number of hydrogen-bond acceptors (Lipinski definition) is 6. The number of piperazine rings is 1. The standard InChI is InChI=1S/C21H24F2N6O.2H2/c1-14-5-17(10-18(6-14)28-4-3-27(2)20(11-28)12-30)25-21-24-13-29(26-21)19-8-15(22)7-16(23)9-19;;/h5-10,13,20,30H,3-4,11-12H2,1-2H3,(H,25,26);2*1H. The third-order valence-electron chi connectivity index (χ3n) is 5.27. The highest BCUT2D eigenvalue weighted by molar-refractivity contribution is 5.64. The van der Waals surface area contributed by atoms with Crippen LogP contribution in [0.1, 0.15) is 8.42 Å². The van der Waals surface area contributed by atoms with Crippen LogP contribution in [0.5, 0.6) is 0 Å². The van der Waals surface area contributed by atoms with Crippen LogP contribution in [-0.4, -0.2) is 64.1 Å². The second-order valence-corrected chi connectivity index (χ2v) is 7.59. The molecule has 2 aromatic carbocycles. The zero-order valence-corrected chi connectivity index (χ0v) is 16.9. The molecule has 1 atom stereocenters. The lowest BCUT2D eigenvalue weighted by Gasteiger charge is -2.40. The number of benzene rings is 2. The molecule has 7 nitrogen and oxygen atoms in total. The number of aliphatic hydroxyl groups is 1. The number of aryl methyl sites for hydroxylation is 1. The van der Waals surface area contributed by atoms with E-state index in [0.717, 1.165) is 42.6 Å². The Morgan fingerprint density at radius 1 is 1.10 bits per heavy atom. The van der Waals surface area contributed by atoms with Gasteiger partial charge in [-0.1, -0.05) is 0 Å². The molecule has 0 radical (unpaired) electrons. The average Bonchev–Trinajstić information content (AvgIpc) is 3.15. The van der Waals surface area contributed by atoms with Crippen LogP contribution in [0, 0.1) is 18.6 Å². The Kier molecular flexibility index (Phi) is 5.65. The fraction of sp³-hybridized carbons (Fsp3) is 0.333. The summed E-state index contributed by atoms with van der Waals surface area (Å²) >= 11 is 0. The van der Waals surface area contributed by atoms with Crippen molar-refractivity contribution in [3.63, 3.8) is 0 Å². The molecule has 1 unspecified atom stereocenters. The van der Waals surface area contributed by atoms with Crippen molar-refractivity contribution in [1.82, 2.24) is 19.7 Å². The first-order valence-electron chi connectivity index (χ1n) is 9.74. The van der Waals surface area contributed by atoms with Crippen molar-refractivity contribution in [3.8, 4) is 5.69 Å². The zero-order valence-electron chi connectivity index (χ0n) is 16.9. The molecule has 1 fully saturated rings. The summed E-state index contributed by atoms with van der Waals surface area (Å²) in [5.74, 6) is -1.03. The highest BCUT2D eigenvalue weighted by Crippen LogP contribution is 2.26. The van der Waals surface area contributed by atoms with Crippen molar-refractivity contribution in [3.05, 3.63) is 59.9 Å². The zero-order chi connectivity index (χ0) is 21.3. The van der Waals surface area contributed by atoms with Crippen molar-refractivity contribution in [2.75, 3.05) is 43.5 Å². The molecule has 4 rings (SSSR count). The Labute approximate surface area is 176 Å². The van der Waals surface area contributed by atoms with E-state index in [1.807, 2.05) is 26.1 Å². The van der Waals surface area contributed by atoms with Gasteiger partial charge < -0.3 is 15.3 Å². The van der Waals surface area contributed by atoms with E-state index in [0.29, 0.717) is 5.95 Å². The molecule has 1 aromatic heterocycles. The van der Waals surface area contributed by atoms with Crippen LogP contribution in [0.2, 0.25) is 0 Å². The van der Waals surface area contributed by atoms with Crippen LogP contribution in [0.25, 0.3) is 5.69 Å². The van der Waals surface area contributed by atoms with Gasteiger partial charge in [0.2, 0.25) is 5.95 Å². The minimum Gasteiger partial charge on any atom is -0.395 e. The monoisotopic (exact) mass is 418 g/mol. The smallest absolute Gasteiger partial charge is 0.246 e. The summed E-state index contributed by atoms with van der Waals surface area (Å²) in [6.45, 7) is 4.61. The highest BCUT2D eigenvalue weighted by atomic mass is 19.1. The van der Waals surface area contributed by atoms with E-state index in [1.54, 1.807) is 0 Å². The van der Waals surface area contributed by atoms with E-state index < -0.39 is 11.6 Å². The fourth-order valence-electron chi connectivity index (χ4n) is 3.64. The third kappa shape index (κ3) is 4.42. The SMILES string of the molecule is Cc1cc(Nc2ncn(-c3cc(F)cc(F)c3)n2)cc(N2CCN(C)C(CO)C2)c1.[HH].[HH]. The van der Waals surface area contributed by atoms with E-state index in [-0.39, 0.29) is 21.2 Å². The highest BCUT2D eigenvalue weighted by Gasteiger charge is 2.24. The van der Waals surface area contributed by atoms with E-state index in [9.17, 15) is 13.9 Å². The van der Waals surface area contributed by atoms with Gasteiger partial charge >= 0.3 is 0 Å². The Morgan fingerprint density at radius 2 is 1.87 bits per heavy atom. The molecule has 1 saturated heterocycles. The molecule has 2 N–H and O–H groups in total. The summed E-state index contributed by atoms with van der Waals surface area (Å²) in [4.78, 5) is 8.61. The molecule has 9 heteroatoms. The molecule has 0 amide bonds. The molecule has 0 saturated carbocycles. The Bertz CT molecular complexity index is 1030. The second kappa shape index (κ2) is 8.37. The minimum atomic E-state index is -0.674. The average molecular weight is 418 g/mol. The normalized spacial score (nSPS) is 17.4. The maximum absolute atomic E-state index is 13.5. The molecule has 2 heterocycles. The van der Waals surface area contributed by atoms with Crippen LogP contribution < -0.4 is 10.2 Å². The van der Waals surface area contributed by atoms with Crippen molar-refractivity contribution >= 4 is 17.3 Å². The van der Waals surface area contributed by atoms with Gasteiger partial charge in [-0.05, 0) is 49.9 Å². The molecular formula is C21H28F2N6O. The van der Waals surface area contributed by atoms with Gasteiger partial charge in [0.1, 0.15) is 18.0 Å². The van der Waals surface area contributed by atoms with Crippen molar-refractivity contribution in [2.45, 2.75) is 13.0 Å². The predicted octanol–water partition coefficient (Wildman–Crippen LogP) is 3.20. The van der Waals surface area contributed by atoms with Crippen molar-refractivity contribution < 1.29 is 16.7 Å². The van der Waals surface area contributed by atoms with Gasteiger partial charge in [0.05, 0.1) is 18.3 Å². The summed E-state index contributed by atoms with van der Waals surface area (Å²) in [5, 5.41) is 17.0. The number of rotatable bonds is 5. The van der Waals surface area contributed by atoms with E-state index in [2.05, 4.69) is 31.3 Å². The number of nitrogens with zero attached hydrogens (tertiary/aromatic N) is 5. The first-order chi connectivity index (χ1) is 14.4. The number of hydrogen-bond donors (Lipinski definition) is 2. The number of aliphatic hydroxyl groups excluding tert-OH is 1. The molecule has 1 aliphatic rings. The molecule has 0 spiro atoms. The summed E-state index contributed by atoms with van der Waals surface area (Å²) in [7, 11) is 2.02. The van der Waals surface area contributed by atoms with Gasteiger partial charge in [0, 0.05) is 39.9 Å². The summed E-state index contributed by atoms with van der Waals surface area (Å²) in [6, 6.07) is 9.38. The first kappa shape index (κ1) is 20.2. The number of aromatic nitrogens is 3. The van der Waals surface area contributed by atoms with Crippen LogP contribution in [0.3, 0.4) is 0 Å². The largest absolute Gasteiger partial charge is 0.395 e. The Balaban J connectivity index is 0.00000181. The van der Waals surface area contributed by atoms with Gasteiger partial charge in [-0.15, -0.1) is 5.10 Å². The molecular weight excluding hydrogens is 390 g/mol. The van der Waals surface area contributed by atoms with E-state index in [1.165, 1.54) is 23.1 Å². The number of nitrogens with one attached hydrogen (secondary N) is 1. The molecule has 0 aliphatic carbocycles. The van der Waals surface area contributed by atoms with Gasteiger partial charge in [-0.25, -0.2) is 13.5 Å². The molecule has 3 aromatic rings. The maximum Gasteiger partial charge on any atom is 0.246 e. The summed E-state index contributed by atoms with van der Waals surface area (Å²) in [6.07, 6.45) is 1.40. The summed E-state index contributed by atoms with van der Waals surface area (Å²) in [5.41, 5.74) is 3.19. The van der Waals surface area contributed by atoms with Gasteiger partial charge in [0.15, 0.2) is 0 Å². The lowest BCUT2D eigenvalue weighted by atomic mass is 10.1. The topological polar surface area (TPSA) is 69.5 Å². The lowest BCUT2D eigenvalue weighted by molar-refractivity contribution is 0.135. The predicted molar refractivity (Wildman–Crippen MR) is 116 cm³/mol. The van der Waals surface area contributed by atoms with Gasteiger partial charge in [-0.2, -0.15) is 4.98 Å². The number of halogens is 2. The fourth-order valence-corrected chi connectivity index (χ4v) is 3.64. The van der Waals surface area contributed by atoms with Crippen LogP contribution in [0.15, 0.2) is 42.7 Å². The van der Waals surface area contributed by atoms with Crippen LogP contribution in [0.4, 0.5) is 26.1 Å². The van der Waals surface area contributed by atoms with E-state index >= 15 is 0 Å². The lowest BCUT2D eigenvalue weighted by Crippen LogP contribution is -2.53. The summed E-state index contributed by atoms with van der Waals surface area (Å²) < 4.78 is 28.3. The quantitative estimate of drug-likeness (QED) is 0.663. The van der Waals surface area contributed by atoms with Gasteiger partial charge in [0.25, 0.3) is 0 Å².